The number of carboxylic acids is 1. The second-order valence-electron chi connectivity index (χ2n) is 8.56. The Labute approximate surface area is 187 Å². The van der Waals surface area contributed by atoms with E-state index in [9.17, 15) is 9.90 Å². The molecule has 4 heterocycles. The third kappa shape index (κ3) is 4.00. The molecule has 0 atom stereocenters. The van der Waals surface area contributed by atoms with Crippen LogP contribution in [0.2, 0.25) is 0 Å². The minimum atomic E-state index is -0.929. The topological polar surface area (TPSA) is 99.4 Å². The summed E-state index contributed by atoms with van der Waals surface area (Å²) in [6.07, 6.45) is 7.75. The number of carbonyl (C=O) groups is 1. The van der Waals surface area contributed by atoms with E-state index >= 15 is 0 Å². The van der Waals surface area contributed by atoms with Crippen molar-refractivity contribution in [1.82, 2.24) is 24.4 Å². The molecule has 0 unspecified atom stereocenters. The fourth-order valence-corrected chi connectivity index (χ4v) is 4.85. The summed E-state index contributed by atoms with van der Waals surface area (Å²) in [6.45, 7) is 7.45. The Balaban J connectivity index is 1.36. The Morgan fingerprint density at radius 1 is 1.12 bits per heavy atom. The number of hydrogen-bond donors (Lipinski definition) is 2. The largest absolute Gasteiger partial charge is 0.477 e. The van der Waals surface area contributed by atoms with E-state index in [2.05, 4.69) is 43.1 Å². The zero-order chi connectivity index (χ0) is 22.1. The van der Waals surface area contributed by atoms with Gasteiger partial charge in [-0.2, -0.15) is 4.98 Å². The zero-order valence-electron chi connectivity index (χ0n) is 18.4. The van der Waals surface area contributed by atoms with Crippen LogP contribution in [0.15, 0.2) is 30.6 Å². The Hall–Kier alpha value is -3.20. The molecule has 9 heteroatoms. The number of piperazine rings is 1. The monoisotopic (exact) mass is 435 g/mol. The molecule has 2 fully saturated rings. The van der Waals surface area contributed by atoms with E-state index in [-0.39, 0.29) is 11.7 Å². The summed E-state index contributed by atoms with van der Waals surface area (Å²) in [4.78, 5) is 30.2. The van der Waals surface area contributed by atoms with Gasteiger partial charge in [0.2, 0.25) is 5.95 Å². The van der Waals surface area contributed by atoms with Gasteiger partial charge in [-0.15, -0.1) is 0 Å². The lowest BCUT2D eigenvalue weighted by molar-refractivity contribution is 0.0683. The lowest BCUT2D eigenvalue weighted by atomic mass is 10.2. The smallest absolute Gasteiger partial charge is 0.352 e. The van der Waals surface area contributed by atoms with Crippen molar-refractivity contribution < 1.29 is 9.90 Å². The van der Waals surface area contributed by atoms with Crippen LogP contribution < -0.4 is 10.2 Å². The normalized spacial score (nSPS) is 17.8. The molecule has 32 heavy (non-hydrogen) atoms. The number of nitrogens with zero attached hydrogens (tertiary/aromatic N) is 6. The second kappa shape index (κ2) is 8.74. The number of aromatic nitrogens is 4. The Kier molecular flexibility index (Phi) is 5.65. The summed E-state index contributed by atoms with van der Waals surface area (Å²) >= 11 is 0. The van der Waals surface area contributed by atoms with Crippen LogP contribution in [0.4, 0.5) is 17.5 Å². The molecule has 1 saturated heterocycles. The summed E-state index contributed by atoms with van der Waals surface area (Å²) < 4.78 is 1.88. The molecule has 2 aliphatic rings. The molecule has 3 aromatic heterocycles. The standard InChI is InChI=1S/C23H29N7O2/c1-2-28-9-11-29(12-10-28)18-7-8-20(24-15-18)26-23-25-14-16-13-19(22(31)32)30(21(16)27-23)17-5-3-4-6-17/h7-8,13-15,17H,2-6,9-12H2,1H3,(H,31,32)(H,24,25,26,27). The summed E-state index contributed by atoms with van der Waals surface area (Å²) in [6, 6.07) is 5.85. The van der Waals surface area contributed by atoms with E-state index in [1.807, 2.05) is 16.8 Å². The van der Waals surface area contributed by atoms with Crippen LogP contribution in [0.25, 0.3) is 11.0 Å². The fourth-order valence-electron chi connectivity index (χ4n) is 4.85. The van der Waals surface area contributed by atoms with Gasteiger partial charge in [0.05, 0.1) is 11.9 Å². The van der Waals surface area contributed by atoms with E-state index in [1.165, 1.54) is 0 Å². The van der Waals surface area contributed by atoms with Crippen LogP contribution in [0.3, 0.4) is 0 Å². The van der Waals surface area contributed by atoms with Crippen molar-refractivity contribution in [2.24, 2.45) is 0 Å². The van der Waals surface area contributed by atoms with Gasteiger partial charge >= 0.3 is 5.97 Å². The van der Waals surface area contributed by atoms with Gasteiger partial charge in [0, 0.05) is 43.8 Å². The van der Waals surface area contributed by atoms with E-state index < -0.39 is 5.97 Å². The molecule has 3 aromatic rings. The molecule has 1 saturated carbocycles. The number of pyridine rings is 1. The average Bonchev–Trinajstić information content (AvgIpc) is 3.47. The van der Waals surface area contributed by atoms with Gasteiger partial charge in [-0.05, 0) is 37.6 Å². The molecule has 168 valence electrons. The molecule has 5 rings (SSSR count). The molecule has 1 aliphatic heterocycles. The van der Waals surface area contributed by atoms with Gasteiger partial charge < -0.3 is 24.8 Å². The first-order valence-electron chi connectivity index (χ1n) is 11.4. The number of aromatic carboxylic acids is 1. The van der Waals surface area contributed by atoms with Gasteiger partial charge in [0.15, 0.2) is 0 Å². The predicted molar refractivity (Wildman–Crippen MR) is 124 cm³/mol. The Bertz CT molecular complexity index is 1100. The fraction of sp³-hybridized carbons (Fsp3) is 0.478. The van der Waals surface area contributed by atoms with Gasteiger partial charge in [-0.1, -0.05) is 19.8 Å². The molecule has 0 amide bonds. The maximum absolute atomic E-state index is 11.8. The van der Waals surface area contributed by atoms with E-state index in [0.29, 0.717) is 17.4 Å². The highest BCUT2D eigenvalue weighted by Gasteiger charge is 2.25. The highest BCUT2D eigenvalue weighted by Crippen LogP contribution is 2.34. The number of carboxylic acid groups (broad SMARTS) is 1. The lowest BCUT2D eigenvalue weighted by Gasteiger charge is -2.35. The van der Waals surface area contributed by atoms with Crippen molar-refractivity contribution in [3.05, 3.63) is 36.3 Å². The number of nitrogens with one attached hydrogen (secondary N) is 1. The van der Waals surface area contributed by atoms with Crippen LogP contribution in [-0.4, -0.2) is 68.2 Å². The third-order valence-corrected chi connectivity index (χ3v) is 6.66. The quantitative estimate of drug-likeness (QED) is 0.607. The van der Waals surface area contributed by atoms with Gasteiger partial charge in [0.1, 0.15) is 17.2 Å². The molecule has 0 spiro atoms. The molecule has 0 bridgehead atoms. The predicted octanol–water partition coefficient (Wildman–Crippen LogP) is 3.53. The van der Waals surface area contributed by atoms with Crippen LogP contribution in [0.1, 0.15) is 49.1 Å². The van der Waals surface area contributed by atoms with Crippen LogP contribution in [-0.2, 0) is 0 Å². The minimum Gasteiger partial charge on any atom is -0.477 e. The van der Waals surface area contributed by atoms with Crippen LogP contribution in [0, 0.1) is 0 Å². The van der Waals surface area contributed by atoms with Gasteiger partial charge in [0.25, 0.3) is 0 Å². The molecular weight excluding hydrogens is 406 g/mol. The molecule has 9 nitrogen and oxygen atoms in total. The van der Waals surface area contributed by atoms with Gasteiger partial charge in [-0.3, -0.25) is 0 Å². The maximum Gasteiger partial charge on any atom is 0.352 e. The molecular formula is C23H29N7O2. The summed E-state index contributed by atoms with van der Waals surface area (Å²) in [7, 11) is 0. The first kappa shape index (κ1) is 20.7. The first-order chi connectivity index (χ1) is 15.6. The zero-order valence-corrected chi connectivity index (χ0v) is 18.4. The first-order valence-corrected chi connectivity index (χ1v) is 11.4. The highest BCUT2D eigenvalue weighted by atomic mass is 16.4. The number of fused-ring (bicyclic) bond motifs is 1. The van der Waals surface area contributed by atoms with Crippen molar-refractivity contribution in [3.8, 4) is 0 Å². The van der Waals surface area contributed by atoms with E-state index in [0.717, 1.165) is 69.5 Å². The van der Waals surface area contributed by atoms with Crippen molar-refractivity contribution in [1.29, 1.82) is 0 Å². The number of likely N-dealkylation sites (N-methyl/N-ethyl adjacent to an activating group) is 1. The van der Waals surface area contributed by atoms with Crippen molar-refractivity contribution in [2.75, 3.05) is 42.9 Å². The molecule has 0 radical (unpaired) electrons. The Morgan fingerprint density at radius 3 is 2.56 bits per heavy atom. The summed E-state index contributed by atoms with van der Waals surface area (Å²) in [5.41, 5.74) is 2.06. The van der Waals surface area contributed by atoms with Gasteiger partial charge in [-0.25, -0.2) is 14.8 Å². The summed E-state index contributed by atoms with van der Waals surface area (Å²) in [5, 5.41) is 13.6. The average molecular weight is 436 g/mol. The van der Waals surface area contributed by atoms with Crippen LogP contribution in [0.5, 0.6) is 0 Å². The third-order valence-electron chi connectivity index (χ3n) is 6.66. The highest BCUT2D eigenvalue weighted by molar-refractivity contribution is 5.93. The number of hydrogen-bond acceptors (Lipinski definition) is 7. The van der Waals surface area contributed by atoms with E-state index in [4.69, 9.17) is 0 Å². The lowest BCUT2D eigenvalue weighted by Crippen LogP contribution is -2.46. The van der Waals surface area contributed by atoms with Crippen molar-refractivity contribution in [2.45, 2.75) is 38.6 Å². The summed E-state index contributed by atoms with van der Waals surface area (Å²) in [5.74, 6) is 0.155. The molecule has 0 aromatic carbocycles. The van der Waals surface area contributed by atoms with Crippen molar-refractivity contribution in [3.63, 3.8) is 0 Å². The second-order valence-corrected chi connectivity index (χ2v) is 8.56. The SMILES string of the molecule is CCN1CCN(c2ccc(Nc3ncc4cc(C(=O)O)n(C5CCCC5)c4n3)nc2)CC1. The molecule has 1 aliphatic carbocycles. The maximum atomic E-state index is 11.8. The molecule has 2 N–H and O–H groups in total. The number of rotatable bonds is 6. The van der Waals surface area contributed by atoms with Crippen molar-refractivity contribution >= 4 is 34.5 Å². The number of anilines is 3. The van der Waals surface area contributed by atoms with E-state index in [1.54, 1.807) is 12.3 Å². The van der Waals surface area contributed by atoms with Crippen LogP contribution >= 0.6 is 0 Å². The Morgan fingerprint density at radius 2 is 1.91 bits per heavy atom. The minimum absolute atomic E-state index is 0.173.